The van der Waals surface area contributed by atoms with Gasteiger partial charge in [0.05, 0.1) is 4.88 Å². The fourth-order valence-electron chi connectivity index (χ4n) is 2.27. The Balaban J connectivity index is 2.78. The first-order valence-corrected chi connectivity index (χ1v) is 6.53. The topological polar surface area (TPSA) is 38.9 Å². The largest absolute Gasteiger partial charge is 0.375 e. The predicted octanol–water partition coefficient (Wildman–Crippen LogP) is 3.93. The molecule has 3 heteroatoms. The standard InChI is InChI=1S/C14H18N2S/c1-7-8(2)10(4)13(11(5)9(7)3)12-6-16-14(15)17-12/h6H,1-5H3,(H2,15,16). The molecule has 0 fully saturated rings. The van der Waals surface area contributed by atoms with Crippen molar-refractivity contribution in [2.75, 3.05) is 5.73 Å². The van der Waals surface area contributed by atoms with Crippen LogP contribution < -0.4 is 5.73 Å². The lowest BCUT2D eigenvalue weighted by molar-refractivity contribution is 1.18. The van der Waals surface area contributed by atoms with Gasteiger partial charge in [-0.1, -0.05) is 11.3 Å². The number of hydrogen-bond acceptors (Lipinski definition) is 3. The van der Waals surface area contributed by atoms with E-state index >= 15 is 0 Å². The van der Waals surface area contributed by atoms with Crippen molar-refractivity contribution >= 4 is 16.5 Å². The molecule has 0 atom stereocenters. The van der Waals surface area contributed by atoms with Gasteiger partial charge in [-0.3, -0.25) is 0 Å². The Hall–Kier alpha value is -1.35. The van der Waals surface area contributed by atoms with Crippen LogP contribution in [0.5, 0.6) is 0 Å². The molecule has 2 aromatic rings. The maximum Gasteiger partial charge on any atom is 0.180 e. The van der Waals surface area contributed by atoms with Crippen LogP contribution in [0.1, 0.15) is 27.8 Å². The van der Waals surface area contributed by atoms with E-state index in [1.165, 1.54) is 38.3 Å². The summed E-state index contributed by atoms with van der Waals surface area (Å²) in [6, 6.07) is 0. The van der Waals surface area contributed by atoms with E-state index in [0.717, 1.165) is 0 Å². The van der Waals surface area contributed by atoms with Gasteiger partial charge in [-0.25, -0.2) is 4.98 Å². The van der Waals surface area contributed by atoms with Gasteiger partial charge in [-0.2, -0.15) is 0 Å². The van der Waals surface area contributed by atoms with E-state index in [1.807, 2.05) is 6.20 Å². The molecule has 17 heavy (non-hydrogen) atoms. The van der Waals surface area contributed by atoms with Gasteiger partial charge in [0.1, 0.15) is 0 Å². The van der Waals surface area contributed by atoms with Crippen molar-refractivity contribution < 1.29 is 0 Å². The highest BCUT2D eigenvalue weighted by Gasteiger charge is 2.15. The first-order valence-electron chi connectivity index (χ1n) is 5.72. The van der Waals surface area contributed by atoms with Crippen molar-refractivity contribution in [3.63, 3.8) is 0 Å². The van der Waals surface area contributed by atoms with Crippen LogP contribution in [-0.4, -0.2) is 4.98 Å². The summed E-state index contributed by atoms with van der Waals surface area (Å²) in [7, 11) is 0. The number of anilines is 1. The molecule has 2 nitrogen and oxygen atoms in total. The van der Waals surface area contributed by atoms with E-state index in [-0.39, 0.29) is 0 Å². The number of nitrogens with two attached hydrogens (primary N) is 1. The zero-order valence-corrected chi connectivity index (χ0v) is 11.8. The molecule has 0 aliphatic carbocycles. The maximum atomic E-state index is 5.73. The Morgan fingerprint density at radius 3 is 1.76 bits per heavy atom. The summed E-state index contributed by atoms with van der Waals surface area (Å²) in [5.74, 6) is 0. The second kappa shape index (κ2) is 4.15. The van der Waals surface area contributed by atoms with E-state index in [2.05, 4.69) is 39.6 Å². The van der Waals surface area contributed by atoms with E-state index in [9.17, 15) is 0 Å². The van der Waals surface area contributed by atoms with Crippen LogP contribution in [0.4, 0.5) is 5.13 Å². The third-order valence-electron chi connectivity index (χ3n) is 3.77. The number of aromatic nitrogens is 1. The Labute approximate surface area is 107 Å². The average molecular weight is 246 g/mol. The van der Waals surface area contributed by atoms with Crippen LogP contribution in [0.2, 0.25) is 0 Å². The zero-order chi connectivity index (χ0) is 12.7. The molecule has 0 amide bonds. The Kier molecular flexibility index (Phi) is 2.96. The quantitative estimate of drug-likeness (QED) is 0.828. The van der Waals surface area contributed by atoms with Crippen LogP contribution in [0.15, 0.2) is 6.20 Å². The number of nitrogen functional groups attached to an aromatic ring is 1. The third-order valence-corrected chi connectivity index (χ3v) is 4.61. The molecule has 2 N–H and O–H groups in total. The normalized spacial score (nSPS) is 10.9. The summed E-state index contributed by atoms with van der Waals surface area (Å²) in [6.45, 7) is 10.9. The molecule has 0 spiro atoms. The molecule has 0 saturated heterocycles. The van der Waals surface area contributed by atoms with Gasteiger partial charge in [0.25, 0.3) is 0 Å². The van der Waals surface area contributed by atoms with Crippen molar-refractivity contribution in [2.24, 2.45) is 0 Å². The lowest BCUT2D eigenvalue weighted by atomic mass is 9.89. The van der Waals surface area contributed by atoms with Crippen molar-refractivity contribution in [1.29, 1.82) is 0 Å². The smallest absolute Gasteiger partial charge is 0.180 e. The fraction of sp³-hybridized carbons (Fsp3) is 0.357. The first-order chi connectivity index (χ1) is 7.93. The van der Waals surface area contributed by atoms with Crippen molar-refractivity contribution in [2.45, 2.75) is 34.6 Å². The van der Waals surface area contributed by atoms with Gasteiger partial charge in [0.2, 0.25) is 0 Å². The van der Waals surface area contributed by atoms with Gasteiger partial charge < -0.3 is 5.73 Å². The molecule has 1 aromatic carbocycles. The first kappa shape index (κ1) is 12.1. The van der Waals surface area contributed by atoms with E-state index in [4.69, 9.17) is 5.73 Å². The van der Waals surface area contributed by atoms with Gasteiger partial charge in [0.15, 0.2) is 5.13 Å². The van der Waals surface area contributed by atoms with Crippen LogP contribution in [0, 0.1) is 34.6 Å². The summed E-state index contributed by atoms with van der Waals surface area (Å²) in [6.07, 6.45) is 1.88. The molecule has 1 aromatic heterocycles. The summed E-state index contributed by atoms with van der Waals surface area (Å²) < 4.78 is 0. The second-order valence-corrected chi connectivity index (χ2v) is 5.62. The summed E-state index contributed by atoms with van der Waals surface area (Å²) in [5.41, 5.74) is 13.8. The number of hydrogen-bond donors (Lipinski definition) is 1. The van der Waals surface area contributed by atoms with E-state index in [0.29, 0.717) is 5.13 Å². The molecule has 2 rings (SSSR count). The molecule has 0 radical (unpaired) electrons. The number of rotatable bonds is 1. The lowest BCUT2D eigenvalue weighted by Crippen LogP contribution is -1.98. The Morgan fingerprint density at radius 1 is 0.882 bits per heavy atom. The van der Waals surface area contributed by atoms with E-state index in [1.54, 1.807) is 11.3 Å². The van der Waals surface area contributed by atoms with Crippen LogP contribution in [-0.2, 0) is 0 Å². The van der Waals surface area contributed by atoms with Crippen LogP contribution >= 0.6 is 11.3 Å². The summed E-state index contributed by atoms with van der Waals surface area (Å²) in [4.78, 5) is 5.32. The molecule has 0 bridgehead atoms. The number of benzene rings is 1. The summed E-state index contributed by atoms with van der Waals surface area (Å²) in [5, 5.41) is 0.634. The highest BCUT2D eigenvalue weighted by atomic mass is 32.1. The minimum Gasteiger partial charge on any atom is -0.375 e. The van der Waals surface area contributed by atoms with Gasteiger partial charge in [-0.05, 0) is 68.0 Å². The maximum absolute atomic E-state index is 5.73. The monoisotopic (exact) mass is 246 g/mol. The zero-order valence-electron chi connectivity index (χ0n) is 11.0. The predicted molar refractivity (Wildman–Crippen MR) is 75.6 cm³/mol. The van der Waals surface area contributed by atoms with Crippen LogP contribution in [0.3, 0.4) is 0 Å². The molecule has 0 aliphatic rings. The molecule has 1 heterocycles. The lowest BCUT2D eigenvalue weighted by Gasteiger charge is -2.17. The minimum absolute atomic E-state index is 0.634. The van der Waals surface area contributed by atoms with Crippen LogP contribution in [0.25, 0.3) is 10.4 Å². The highest BCUT2D eigenvalue weighted by molar-refractivity contribution is 7.18. The SMILES string of the molecule is Cc1c(C)c(C)c(-c2cnc(N)s2)c(C)c1C. The summed E-state index contributed by atoms with van der Waals surface area (Å²) >= 11 is 1.56. The van der Waals surface area contributed by atoms with Gasteiger partial charge >= 0.3 is 0 Å². The van der Waals surface area contributed by atoms with Crippen molar-refractivity contribution in [3.05, 3.63) is 34.0 Å². The molecule has 0 aliphatic heterocycles. The second-order valence-electron chi connectivity index (χ2n) is 4.56. The fourth-order valence-corrected chi connectivity index (χ4v) is 3.12. The van der Waals surface area contributed by atoms with Crippen molar-refractivity contribution in [3.8, 4) is 10.4 Å². The third kappa shape index (κ3) is 1.84. The molecule has 0 saturated carbocycles. The average Bonchev–Trinajstić information content (AvgIpc) is 2.71. The molecule has 0 unspecified atom stereocenters. The van der Waals surface area contributed by atoms with Gasteiger partial charge in [-0.15, -0.1) is 0 Å². The van der Waals surface area contributed by atoms with Crippen molar-refractivity contribution in [1.82, 2.24) is 4.98 Å². The highest BCUT2D eigenvalue weighted by Crippen LogP contribution is 2.37. The number of thiazole rings is 1. The van der Waals surface area contributed by atoms with Gasteiger partial charge in [0, 0.05) is 6.20 Å². The minimum atomic E-state index is 0.634. The number of nitrogens with zero attached hydrogens (tertiary/aromatic N) is 1. The van der Waals surface area contributed by atoms with E-state index < -0.39 is 0 Å². The molecule has 90 valence electrons. The molecular weight excluding hydrogens is 228 g/mol. The Morgan fingerprint density at radius 2 is 1.35 bits per heavy atom. The molecular formula is C14H18N2S. The Bertz CT molecular complexity index is 553.